The highest BCUT2D eigenvalue weighted by molar-refractivity contribution is 9.10. The van der Waals surface area contributed by atoms with Gasteiger partial charge >= 0.3 is 0 Å². The maximum atomic E-state index is 12.8. The van der Waals surface area contributed by atoms with Crippen molar-refractivity contribution in [2.45, 2.75) is 11.5 Å². The first-order chi connectivity index (χ1) is 10.9. The number of likely N-dealkylation sites (N-methyl/N-ethyl adjacent to an activating group) is 1. The van der Waals surface area contributed by atoms with Gasteiger partial charge in [-0.05, 0) is 29.8 Å². The predicted molar refractivity (Wildman–Crippen MR) is 89.3 cm³/mol. The lowest BCUT2D eigenvalue weighted by molar-refractivity contribution is -0.143. The molecular weight excluding hydrogens is 360 g/mol. The van der Waals surface area contributed by atoms with E-state index >= 15 is 0 Å². The Labute approximate surface area is 141 Å². The molecule has 2 N–H and O–H groups in total. The number of amides is 2. The highest BCUT2D eigenvalue weighted by Crippen LogP contribution is 2.51. The number of carbonyl (C=O) groups is 2. The van der Waals surface area contributed by atoms with Gasteiger partial charge in [0.1, 0.15) is 5.92 Å². The molecule has 0 unspecified atom stereocenters. The van der Waals surface area contributed by atoms with Crippen molar-refractivity contribution < 1.29 is 14.7 Å². The second-order valence-corrected chi connectivity index (χ2v) is 6.72. The van der Waals surface area contributed by atoms with Gasteiger partial charge in [-0.3, -0.25) is 9.59 Å². The van der Waals surface area contributed by atoms with Gasteiger partial charge in [-0.2, -0.15) is 0 Å². The van der Waals surface area contributed by atoms with Crippen LogP contribution in [0.5, 0.6) is 0 Å². The first kappa shape index (κ1) is 14.4. The molecule has 0 aliphatic carbocycles. The molecule has 0 spiro atoms. The fourth-order valence-electron chi connectivity index (χ4n) is 3.49. The molecule has 4 rings (SSSR count). The van der Waals surface area contributed by atoms with Crippen molar-refractivity contribution in [1.29, 1.82) is 0 Å². The fraction of sp³-hybridized carbons (Fsp3) is 0.176. The Bertz CT molecular complexity index is 867. The third kappa shape index (κ3) is 1.76. The van der Waals surface area contributed by atoms with Gasteiger partial charge < -0.3 is 15.3 Å². The standard InChI is InChI=1S/C17H13BrN2O3/c1-20-13-5-3-2-4-11(13)17(23,16(20)22)14-10-8-9(18)6-7-12(10)19-15(14)21/h2-8,14,23H,1H3,(H,19,21)/t14-,17+/m0/s1. The van der Waals surface area contributed by atoms with Crippen LogP contribution >= 0.6 is 15.9 Å². The average molecular weight is 373 g/mol. The molecule has 2 atom stereocenters. The number of benzene rings is 2. The van der Waals surface area contributed by atoms with Crippen molar-refractivity contribution in [2.24, 2.45) is 0 Å². The predicted octanol–water partition coefficient (Wildman–Crippen LogP) is 2.35. The molecule has 2 aromatic carbocycles. The van der Waals surface area contributed by atoms with Gasteiger partial charge in [0.05, 0.1) is 5.69 Å². The van der Waals surface area contributed by atoms with Crippen LogP contribution in [0.15, 0.2) is 46.9 Å². The summed E-state index contributed by atoms with van der Waals surface area (Å²) in [7, 11) is 1.60. The van der Waals surface area contributed by atoms with Crippen LogP contribution in [0.2, 0.25) is 0 Å². The van der Waals surface area contributed by atoms with E-state index in [0.717, 1.165) is 4.47 Å². The Balaban J connectivity index is 1.96. The Morgan fingerprint density at radius 1 is 1.22 bits per heavy atom. The normalized spacial score (nSPS) is 25.3. The lowest BCUT2D eigenvalue weighted by Crippen LogP contribution is -2.45. The summed E-state index contributed by atoms with van der Waals surface area (Å²) in [5.41, 5.74) is 0.417. The third-order valence-electron chi connectivity index (χ3n) is 4.57. The minimum atomic E-state index is -1.90. The summed E-state index contributed by atoms with van der Waals surface area (Å²) in [6, 6.07) is 12.3. The second-order valence-electron chi connectivity index (χ2n) is 5.80. The van der Waals surface area contributed by atoms with E-state index < -0.39 is 17.4 Å². The Kier molecular flexibility index (Phi) is 2.92. The molecule has 2 heterocycles. The molecule has 2 aliphatic rings. The molecular formula is C17H13BrN2O3. The molecule has 0 bridgehead atoms. The maximum absolute atomic E-state index is 12.8. The highest BCUT2D eigenvalue weighted by Gasteiger charge is 2.58. The Morgan fingerprint density at radius 2 is 1.96 bits per heavy atom. The number of nitrogens with zero attached hydrogens (tertiary/aromatic N) is 1. The minimum absolute atomic E-state index is 0.376. The summed E-state index contributed by atoms with van der Waals surface area (Å²) in [6.45, 7) is 0. The van der Waals surface area contributed by atoms with Gasteiger partial charge in [0.15, 0.2) is 5.60 Å². The quantitative estimate of drug-likeness (QED) is 0.807. The van der Waals surface area contributed by atoms with Gasteiger partial charge in [0.2, 0.25) is 5.91 Å². The van der Waals surface area contributed by atoms with Crippen molar-refractivity contribution >= 4 is 39.1 Å². The SMILES string of the molecule is CN1C(=O)[C@](O)([C@@H]2C(=O)Nc3ccc(Br)cc32)c2ccccc21. The maximum Gasteiger partial charge on any atom is 0.264 e. The molecule has 0 aromatic heterocycles. The van der Waals surface area contributed by atoms with Crippen LogP contribution in [0, 0.1) is 0 Å². The number of nitrogens with one attached hydrogen (secondary N) is 1. The number of hydrogen-bond donors (Lipinski definition) is 2. The summed E-state index contributed by atoms with van der Waals surface area (Å²) in [5.74, 6) is -1.85. The van der Waals surface area contributed by atoms with Crippen molar-refractivity contribution in [3.05, 3.63) is 58.1 Å². The van der Waals surface area contributed by atoms with Crippen molar-refractivity contribution in [3.8, 4) is 0 Å². The van der Waals surface area contributed by atoms with Crippen molar-refractivity contribution in [2.75, 3.05) is 17.3 Å². The largest absolute Gasteiger partial charge is 0.374 e. The highest BCUT2D eigenvalue weighted by atomic mass is 79.9. The number of aliphatic hydroxyl groups is 1. The lowest BCUT2D eigenvalue weighted by atomic mass is 9.78. The number of hydrogen-bond acceptors (Lipinski definition) is 3. The number of fused-ring (bicyclic) bond motifs is 2. The molecule has 2 aliphatic heterocycles. The second kappa shape index (κ2) is 4.66. The first-order valence-electron chi connectivity index (χ1n) is 7.15. The van der Waals surface area contributed by atoms with Crippen LogP contribution in [0.3, 0.4) is 0 Å². The van der Waals surface area contributed by atoms with Crippen LogP contribution in [0.4, 0.5) is 11.4 Å². The van der Waals surface area contributed by atoms with Crippen molar-refractivity contribution in [1.82, 2.24) is 0 Å². The molecule has 116 valence electrons. The van der Waals surface area contributed by atoms with E-state index in [1.807, 2.05) is 6.07 Å². The lowest BCUT2D eigenvalue weighted by Gasteiger charge is -2.27. The molecule has 0 radical (unpaired) electrons. The third-order valence-corrected chi connectivity index (χ3v) is 5.06. The molecule has 23 heavy (non-hydrogen) atoms. The Morgan fingerprint density at radius 3 is 2.74 bits per heavy atom. The van der Waals surface area contributed by atoms with E-state index in [9.17, 15) is 14.7 Å². The van der Waals surface area contributed by atoms with Gasteiger partial charge in [0.25, 0.3) is 5.91 Å². The minimum Gasteiger partial charge on any atom is -0.374 e. The van der Waals surface area contributed by atoms with E-state index in [-0.39, 0.29) is 5.91 Å². The van der Waals surface area contributed by atoms with Gasteiger partial charge in [-0.15, -0.1) is 0 Å². The monoisotopic (exact) mass is 372 g/mol. The Hall–Kier alpha value is -2.18. The number of para-hydroxylation sites is 1. The zero-order valence-corrected chi connectivity index (χ0v) is 13.8. The van der Waals surface area contributed by atoms with E-state index in [1.54, 1.807) is 43.4 Å². The summed E-state index contributed by atoms with van der Waals surface area (Å²) >= 11 is 3.38. The fourth-order valence-corrected chi connectivity index (χ4v) is 3.87. The van der Waals surface area contributed by atoms with Gasteiger partial charge in [0, 0.05) is 22.8 Å². The average Bonchev–Trinajstić information content (AvgIpc) is 2.96. The van der Waals surface area contributed by atoms with E-state index in [2.05, 4.69) is 21.2 Å². The smallest absolute Gasteiger partial charge is 0.264 e. The molecule has 0 fully saturated rings. The van der Waals surface area contributed by atoms with Crippen LogP contribution in [-0.4, -0.2) is 24.0 Å². The summed E-state index contributed by atoms with van der Waals surface area (Å²) in [5, 5.41) is 14.1. The first-order valence-corrected chi connectivity index (χ1v) is 7.94. The molecule has 5 nitrogen and oxygen atoms in total. The van der Waals surface area contributed by atoms with Crippen LogP contribution < -0.4 is 10.2 Å². The topological polar surface area (TPSA) is 69.6 Å². The van der Waals surface area contributed by atoms with Crippen LogP contribution in [0.25, 0.3) is 0 Å². The summed E-state index contributed by atoms with van der Waals surface area (Å²) in [4.78, 5) is 26.7. The zero-order chi connectivity index (χ0) is 16.4. The van der Waals surface area contributed by atoms with Gasteiger partial charge in [-0.1, -0.05) is 34.1 Å². The molecule has 2 amide bonds. The van der Waals surface area contributed by atoms with Crippen LogP contribution in [-0.2, 0) is 15.2 Å². The molecule has 2 aromatic rings. The molecule has 0 saturated heterocycles. The zero-order valence-electron chi connectivity index (χ0n) is 12.2. The molecule has 0 saturated carbocycles. The van der Waals surface area contributed by atoms with E-state index in [4.69, 9.17) is 0 Å². The van der Waals surface area contributed by atoms with Crippen LogP contribution in [0.1, 0.15) is 17.0 Å². The van der Waals surface area contributed by atoms with E-state index in [0.29, 0.717) is 22.5 Å². The number of halogens is 1. The summed E-state index contributed by atoms with van der Waals surface area (Å²) in [6.07, 6.45) is 0. The van der Waals surface area contributed by atoms with Crippen molar-refractivity contribution in [3.63, 3.8) is 0 Å². The van der Waals surface area contributed by atoms with E-state index in [1.165, 1.54) is 4.90 Å². The molecule has 6 heteroatoms. The number of rotatable bonds is 1. The number of carbonyl (C=O) groups excluding carboxylic acids is 2. The summed E-state index contributed by atoms with van der Waals surface area (Å²) < 4.78 is 0.786. The van der Waals surface area contributed by atoms with Gasteiger partial charge in [-0.25, -0.2) is 0 Å². The number of anilines is 2.